The van der Waals surface area contributed by atoms with Crippen molar-refractivity contribution in [2.24, 2.45) is 10.9 Å². The molecule has 3 rings (SSSR count). The number of carbonyl (C=O) groups is 1. The van der Waals surface area contributed by atoms with E-state index in [2.05, 4.69) is 11.9 Å². The molecule has 1 atom stereocenters. The molecule has 0 spiro atoms. The predicted molar refractivity (Wildman–Crippen MR) is 109 cm³/mol. The fourth-order valence-corrected chi connectivity index (χ4v) is 5.18. The van der Waals surface area contributed by atoms with Gasteiger partial charge < -0.3 is 4.74 Å². The van der Waals surface area contributed by atoms with Crippen LogP contribution in [0.4, 0.5) is 0 Å². The van der Waals surface area contributed by atoms with Gasteiger partial charge >= 0.3 is 0 Å². The van der Waals surface area contributed by atoms with Crippen LogP contribution in [-0.2, 0) is 14.5 Å². The lowest BCUT2D eigenvalue weighted by molar-refractivity contribution is -0.132. The summed E-state index contributed by atoms with van der Waals surface area (Å²) in [4.78, 5) is 16.4. The maximum absolute atomic E-state index is 12.9. The third-order valence-corrected chi connectivity index (χ3v) is 6.72. The Hall–Kier alpha value is -1.13. The van der Waals surface area contributed by atoms with Crippen molar-refractivity contribution in [3.05, 3.63) is 35.9 Å². The number of aliphatic imine (C=N–C) groups is 1. The highest BCUT2D eigenvalue weighted by Gasteiger charge is 2.48. The zero-order valence-corrected chi connectivity index (χ0v) is 16.7. The van der Waals surface area contributed by atoms with E-state index in [-0.39, 0.29) is 5.91 Å². The fraction of sp³-hybridized carbons (Fsp3) is 0.636. The molecule has 1 saturated carbocycles. The highest BCUT2D eigenvalue weighted by Crippen LogP contribution is 2.46. The van der Waals surface area contributed by atoms with E-state index in [1.165, 1.54) is 44.9 Å². The molecule has 0 saturated heterocycles. The van der Waals surface area contributed by atoms with Crippen molar-refractivity contribution in [1.82, 2.24) is 0 Å². The van der Waals surface area contributed by atoms with Crippen LogP contribution in [0.2, 0.25) is 0 Å². The van der Waals surface area contributed by atoms with Gasteiger partial charge in [0.1, 0.15) is 0 Å². The zero-order valence-electron chi connectivity index (χ0n) is 15.9. The molecule has 4 heteroatoms. The molecule has 0 radical (unpaired) electrons. The minimum absolute atomic E-state index is 0.134. The van der Waals surface area contributed by atoms with E-state index < -0.39 is 4.93 Å². The first kappa shape index (κ1) is 19.6. The Labute approximate surface area is 162 Å². The summed E-state index contributed by atoms with van der Waals surface area (Å²) in [6, 6.07) is 9.90. The van der Waals surface area contributed by atoms with Crippen LogP contribution < -0.4 is 0 Å². The molecule has 1 amide bonds. The molecule has 1 aliphatic heterocycles. The Balaban J connectivity index is 1.72. The molecule has 1 aromatic carbocycles. The molecular weight excluding hydrogens is 342 g/mol. The molecule has 2 aliphatic rings. The number of thioether (sulfide) groups is 1. The summed E-state index contributed by atoms with van der Waals surface area (Å²) < 4.78 is 6.19. The molecule has 0 bridgehead atoms. The first-order valence-corrected chi connectivity index (χ1v) is 11.1. The van der Waals surface area contributed by atoms with Crippen LogP contribution in [-0.4, -0.2) is 17.6 Å². The van der Waals surface area contributed by atoms with Crippen molar-refractivity contribution >= 4 is 22.7 Å². The van der Waals surface area contributed by atoms with Crippen molar-refractivity contribution in [2.45, 2.75) is 76.1 Å². The average molecular weight is 374 g/mol. The standard InChI is InChI=1S/C22H31NO2S/c1-2-3-16-25-22(19-14-10-7-11-15-19)21(24)23-20(26-22)17-18-12-8-5-4-6-9-13-18/h7,10-11,14-15,18H,2-6,8-9,12-13,16-17H2,1H3. The van der Waals surface area contributed by atoms with E-state index in [1.807, 2.05) is 30.3 Å². The van der Waals surface area contributed by atoms with Gasteiger partial charge in [-0.1, -0.05) is 100 Å². The summed E-state index contributed by atoms with van der Waals surface area (Å²) in [6.45, 7) is 2.73. The zero-order chi connectivity index (χ0) is 18.2. The number of benzene rings is 1. The van der Waals surface area contributed by atoms with Gasteiger partial charge in [0.25, 0.3) is 5.91 Å². The highest BCUT2D eigenvalue weighted by molar-refractivity contribution is 8.15. The maximum Gasteiger partial charge on any atom is 0.294 e. The third-order valence-electron chi connectivity index (χ3n) is 5.41. The Kier molecular flexibility index (Phi) is 7.32. The van der Waals surface area contributed by atoms with Crippen LogP contribution in [0.3, 0.4) is 0 Å². The second-order valence-corrected chi connectivity index (χ2v) is 8.76. The molecule has 1 aliphatic carbocycles. The SMILES string of the molecule is CCCCOC1(c2ccccc2)SC(CC2CCCCCCC2)=NC1=O. The Morgan fingerprint density at radius 2 is 1.81 bits per heavy atom. The number of carbonyl (C=O) groups excluding carboxylic acids is 1. The minimum atomic E-state index is -0.965. The molecule has 1 unspecified atom stereocenters. The smallest absolute Gasteiger partial charge is 0.294 e. The lowest BCUT2D eigenvalue weighted by Crippen LogP contribution is -2.32. The molecular formula is C22H31NO2S. The van der Waals surface area contributed by atoms with Crippen molar-refractivity contribution in [2.75, 3.05) is 6.61 Å². The number of ether oxygens (including phenoxy) is 1. The summed E-state index contributed by atoms with van der Waals surface area (Å²) in [5.74, 6) is 0.530. The average Bonchev–Trinajstić information content (AvgIpc) is 2.95. The van der Waals surface area contributed by atoms with Crippen LogP contribution in [0.1, 0.15) is 76.7 Å². The first-order valence-electron chi connectivity index (χ1n) is 10.2. The lowest BCUT2D eigenvalue weighted by Gasteiger charge is -2.27. The predicted octanol–water partition coefficient (Wildman–Crippen LogP) is 6.08. The van der Waals surface area contributed by atoms with Gasteiger partial charge in [-0.15, -0.1) is 0 Å². The van der Waals surface area contributed by atoms with E-state index in [9.17, 15) is 4.79 Å². The van der Waals surface area contributed by atoms with Crippen molar-refractivity contribution < 1.29 is 9.53 Å². The quantitative estimate of drug-likeness (QED) is 0.544. The van der Waals surface area contributed by atoms with E-state index in [0.717, 1.165) is 29.9 Å². The number of nitrogens with zero attached hydrogens (tertiary/aromatic N) is 1. The van der Waals surface area contributed by atoms with Crippen molar-refractivity contribution in [3.8, 4) is 0 Å². The van der Waals surface area contributed by atoms with Crippen molar-refractivity contribution in [3.63, 3.8) is 0 Å². The van der Waals surface area contributed by atoms with Crippen LogP contribution in [0.15, 0.2) is 35.3 Å². The number of rotatable bonds is 7. The Morgan fingerprint density at radius 3 is 2.50 bits per heavy atom. The van der Waals surface area contributed by atoms with Gasteiger partial charge in [-0.25, -0.2) is 4.99 Å². The molecule has 1 heterocycles. The molecule has 3 nitrogen and oxygen atoms in total. The molecule has 0 N–H and O–H groups in total. The fourth-order valence-electron chi connectivity index (χ4n) is 3.87. The van der Waals surface area contributed by atoms with Gasteiger partial charge in [0, 0.05) is 12.2 Å². The van der Waals surface area contributed by atoms with Gasteiger partial charge in [-0.2, -0.15) is 0 Å². The van der Waals surface area contributed by atoms with Crippen molar-refractivity contribution in [1.29, 1.82) is 0 Å². The van der Waals surface area contributed by atoms with E-state index in [1.54, 1.807) is 11.8 Å². The topological polar surface area (TPSA) is 38.7 Å². The molecule has 142 valence electrons. The summed E-state index contributed by atoms with van der Waals surface area (Å²) in [6.07, 6.45) is 12.2. The normalized spacial score (nSPS) is 25.0. The largest absolute Gasteiger partial charge is 0.351 e. The van der Waals surface area contributed by atoms with Gasteiger partial charge in [0.2, 0.25) is 4.93 Å². The monoisotopic (exact) mass is 373 g/mol. The number of amides is 1. The first-order chi connectivity index (χ1) is 12.7. The van der Waals surface area contributed by atoms with Crippen LogP contribution in [0.25, 0.3) is 0 Å². The van der Waals surface area contributed by atoms with Gasteiger partial charge in [0.15, 0.2) is 0 Å². The maximum atomic E-state index is 12.9. The van der Waals surface area contributed by atoms with Crippen LogP contribution >= 0.6 is 11.8 Å². The summed E-state index contributed by atoms with van der Waals surface area (Å²) >= 11 is 1.55. The summed E-state index contributed by atoms with van der Waals surface area (Å²) in [7, 11) is 0. The van der Waals surface area contributed by atoms with E-state index >= 15 is 0 Å². The van der Waals surface area contributed by atoms with Crippen LogP contribution in [0.5, 0.6) is 0 Å². The number of hydrogen-bond donors (Lipinski definition) is 0. The van der Waals surface area contributed by atoms with E-state index in [0.29, 0.717) is 12.5 Å². The Morgan fingerprint density at radius 1 is 1.12 bits per heavy atom. The van der Waals surface area contributed by atoms with Gasteiger partial charge in [-0.05, 0) is 18.8 Å². The van der Waals surface area contributed by atoms with Crippen LogP contribution in [0, 0.1) is 5.92 Å². The number of hydrogen-bond acceptors (Lipinski definition) is 3. The molecule has 26 heavy (non-hydrogen) atoms. The second-order valence-electron chi connectivity index (χ2n) is 7.51. The van der Waals surface area contributed by atoms with Gasteiger partial charge in [0.05, 0.1) is 5.04 Å². The Bertz CT molecular complexity index is 608. The minimum Gasteiger partial charge on any atom is -0.351 e. The molecule has 1 fully saturated rings. The highest BCUT2D eigenvalue weighted by atomic mass is 32.2. The van der Waals surface area contributed by atoms with Gasteiger partial charge in [-0.3, -0.25) is 4.79 Å². The summed E-state index contributed by atoms with van der Waals surface area (Å²) in [5.41, 5.74) is 0.919. The third kappa shape index (κ3) is 4.77. The molecule has 0 aromatic heterocycles. The van der Waals surface area contributed by atoms with E-state index in [4.69, 9.17) is 4.74 Å². The molecule has 1 aromatic rings. The second kappa shape index (κ2) is 9.70. The summed E-state index contributed by atoms with van der Waals surface area (Å²) in [5, 5.41) is 0.973. The lowest BCUT2D eigenvalue weighted by atomic mass is 9.89. The number of unbranched alkanes of at least 4 members (excludes halogenated alkanes) is 1.